The topological polar surface area (TPSA) is 68.5 Å². The Morgan fingerprint density at radius 3 is 2.89 bits per heavy atom. The summed E-state index contributed by atoms with van der Waals surface area (Å²) in [4.78, 5) is 18.4. The van der Waals surface area contributed by atoms with Gasteiger partial charge in [0.15, 0.2) is 0 Å². The van der Waals surface area contributed by atoms with Gasteiger partial charge in [-0.05, 0) is 25.1 Å². The first kappa shape index (κ1) is 15.6. The van der Waals surface area contributed by atoms with Crippen LogP contribution < -0.4 is 5.73 Å². The van der Waals surface area contributed by atoms with Gasteiger partial charge >= 0.3 is 0 Å². The van der Waals surface area contributed by atoms with E-state index in [2.05, 4.69) is 4.98 Å². The molecule has 1 aromatic rings. The highest BCUT2D eigenvalue weighted by atomic mass is 16.5. The molecule has 0 aliphatic rings. The molecule has 1 aromatic heterocycles. The highest BCUT2D eigenvalue weighted by Crippen LogP contribution is 2.10. The third-order valence-electron chi connectivity index (χ3n) is 2.98. The average molecular weight is 265 g/mol. The fraction of sp³-hybridized carbons (Fsp3) is 0.571. The molecule has 0 radical (unpaired) electrons. The summed E-state index contributed by atoms with van der Waals surface area (Å²) in [5, 5.41) is 0. The lowest BCUT2D eigenvalue weighted by molar-refractivity contribution is -0.136. The fourth-order valence-electron chi connectivity index (χ4n) is 1.84. The summed E-state index contributed by atoms with van der Waals surface area (Å²) in [6.07, 6.45) is 2.43. The molecule has 0 saturated carbocycles. The second-order valence-corrected chi connectivity index (χ2v) is 4.55. The van der Waals surface area contributed by atoms with Crippen molar-refractivity contribution >= 4 is 5.91 Å². The molecule has 0 spiro atoms. The Morgan fingerprint density at radius 1 is 1.53 bits per heavy atom. The number of pyridine rings is 1. The molecule has 1 unspecified atom stereocenters. The van der Waals surface area contributed by atoms with E-state index in [0.29, 0.717) is 32.7 Å². The molecule has 0 fully saturated rings. The monoisotopic (exact) mass is 265 g/mol. The zero-order chi connectivity index (χ0) is 14.1. The van der Waals surface area contributed by atoms with Crippen LogP contribution >= 0.6 is 0 Å². The molecule has 2 N–H and O–H groups in total. The lowest BCUT2D eigenvalue weighted by Gasteiger charge is -2.25. The molecular weight excluding hydrogens is 242 g/mol. The summed E-state index contributed by atoms with van der Waals surface area (Å²) in [5.41, 5.74) is 6.39. The quantitative estimate of drug-likeness (QED) is 0.762. The van der Waals surface area contributed by atoms with E-state index in [4.69, 9.17) is 10.5 Å². The van der Waals surface area contributed by atoms with E-state index < -0.39 is 0 Å². The van der Waals surface area contributed by atoms with Crippen LogP contribution in [0, 0.1) is 5.92 Å². The van der Waals surface area contributed by atoms with Crippen LogP contribution in [0.3, 0.4) is 0 Å². The van der Waals surface area contributed by atoms with Crippen LogP contribution in [0.4, 0.5) is 0 Å². The summed E-state index contributed by atoms with van der Waals surface area (Å²) < 4.78 is 5.06. The molecule has 0 aliphatic heterocycles. The fourth-order valence-corrected chi connectivity index (χ4v) is 1.84. The maximum atomic E-state index is 12.3. The lowest BCUT2D eigenvalue weighted by Crippen LogP contribution is -2.37. The van der Waals surface area contributed by atoms with E-state index in [1.807, 2.05) is 25.1 Å². The Morgan fingerprint density at radius 2 is 2.32 bits per heavy atom. The van der Waals surface area contributed by atoms with Gasteiger partial charge in [-0.25, -0.2) is 0 Å². The van der Waals surface area contributed by atoms with Crippen molar-refractivity contribution in [2.45, 2.75) is 19.9 Å². The number of aromatic nitrogens is 1. The summed E-state index contributed by atoms with van der Waals surface area (Å²) in [7, 11) is 1.63. The molecule has 1 rings (SSSR count). The van der Waals surface area contributed by atoms with Gasteiger partial charge in [-0.15, -0.1) is 0 Å². The maximum Gasteiger partial charge on any atom is 0.225 e. The number of amides is 1. The number of hydrogen-bond acceptors (Lipinski definition) is 4. The minimum atomic E-state index is -0.0643. The van der Waals surface area contributed by atoms with Crippen LogP contribution in [0.2, 0.25) is 0 Å². The van der Waals surface area contributed by atoms with Crippen LogP contribution in [0.5, 0.6) is 0 Å². The molecule has 5 nitrogen and oxygen atoms in total. The number of ether oxygens (including phenoxy) is 1. The third-order valence-corrected chi connectivity index (χ3v) is 2.98. The zero-order valence-corrected chi connectivity index (χ0v) is 11.7. The van der Waals surface area contributed by atoms with Crippen molar-refractivity contribution in [2.75, 3.05) is 26.8 Å². The van der Waals surface area contributed by atoms with Gasteiger partial charge in [-0.2, -0.15) is 0 Å². The highest BCUT2D eigenvalue weighted by Gasteiger charge is 2.20. The number of hydrogen-bond donors (Lipinski definition) is 1. The van der Waals surface area contributed by atoms with E-state index in [1.54, 1.807) is 18.2 Å². The van der Waals surface area contributed by atoms with Crippen LogP contribution in [0.1, 0.15) is 19.0 Å². The first-order valence-corrected chi connectivity index (χ1v) is 6.56. The molecular formula is C14H23N3O2. The van der Waals surface area contributed by atoms with Crippen LogP contribution in [-0.2, 0) is 16.1 Å². The van der Waals surface area contributed by atoms with E-state index >= 15 is 0 Å². The average Bonchev–Trinajstić information content (AvgIpc) is 2.44. The standard InChI is InChI=1S/C14H23N3O2/c1-12(6-7-15)14(18)17(9-10-19-2)11-13-5-3-4-8-16-13/h3-5,8,12H,6-7,9-11,15H2,1-2H3. The Hall–Kier alpha value is -1.46. The van der Waals surface area contributed by atoms with Gasteiger partial charge in [-0.3, -0.25) is 9.78 Å². The van der Waals surface area contributed by atoms with Gasteiger partial charge in [0, 0.05) is 25.8 Å². The van der Waals surface area contributed by atoms with Crippen molar-refractivity contribution < 1.29 is 9.53 Å². The number of methoxy groups -OCH3 is 1. The summed E-state index contributed by atoms with van der Waals surface area (Å²) in [5.74, 6) is 0.0405. The number of carbonyl (C=O) groups is 1. The van der Waals surface area contributed by atoms with Crippen molar-refractivity contribution in [3.05, 3.63) is 30.1 Å². The van der Waals surface area contributed by atoms with Gasteiger partial charge in [0.1, 0.15) is 0 Å². The Kier molecular flexibility index (Phi) is 7.07. The first-order chi connectivity index (χ1) is 9.19. The molecule has 19 heavy (non-hydrogen) atoms. The van der Waals surface area contributed by atoms with Crippen molar-refractivity contribution in [2.24, 2.45) is 11.7 Å². The summed E-state index contributed by atoms with van der Waals surface area (Å²) in [6, 6.07) is 5.70. The van der Waals surface area contributed by atoms with Crippen LogP contribution in [0.25, 0.3) is 0 Å². The van der Waals surface area contributed by atoms with Gasteiger partial charge < -0.3 is 15.4 Å². The highest BCUT2D eigenvalue weighted by molar-refractivity contribution is 5.78. The Balaban J connectivity index is 2.68. The normalized spacial score (nSPS) is 12.2. The first-order valence-electron chi connectivity index (χ1n) is 6.56. The van der Waals surface area contributed by atoms with Gasteiger partial charge in [0.2, 0.25) is 5.91 Å². The minimum absolute atomic E-state index is 0.0643. The maximum absolute atomic E-state index is 12.3. The van der Waals surface area contributed by atoms with Gasteiger partial charge in [-0.1, -0.05) is 13.0 Å². The summed E-state index contributed by atoms with van der Waals surface area (Å²) in [6.45, 7) is 4.04. The van der Waals surface area contributed by atoms with Crippen molar-refractivity contribution in [3.8, 4) is 0 Å². The van der Waals surface area contributed by atoms with E-state index in [1.165, 1.54) is 0 Å². The smallest absolute Gasteiger partial charge is 0.225 e. The van der Waals surface area contributed by atoms with Crippen LogP contribution in [-0.4, -0.2) is 42.6 Å². The SMILES string of the molecule is COCCN(Cc1ccccn1)C(=O)C(C)CCN. The van der Waals surface area contributed by atoms with E-state index in [0.717, 1.165) is 5.69 Å². The zero-order valence-electron chi connectivity index (χ0n) is 11.7. The van der Waals surface area contributed by atoms with Crippen molar-refractivity contribution in [1.29, 1.82) is 0 Å². The van der Waals surface area contributed by atoms with Crippen molar-refractivity contribution in [1.82, 2.24) is 9.88 Å². The van der Waals surface area contributed by atoms with Gasteiger partial charge in [0.05, 0.1) is 18.8 Å². The second kappa shape index (κ2) is 8.61. The molecule has 106 valence electrons. The predicted octanol–water partition coefficient (Wildman–Crippen LogP) is 1.04. The van der Waals surface area contributed by atoms with Gasteiger partial charge in [0.25, 0.3) is 0 Å². The molecule has 0 saturated heterocycles. The van der Waals surface area contributed by atoms with E-state index in [-0.39, 0.29) is 11.8 Å². The molecule has 0 aliphatic carbocycles. The summed E-state index contributed by atoms with van der Waals surface area (Å²) >= 11 is 0. The van der Waals surface area contributed by atoms with Crippen LogP contribution in [0.15, 0.2) is 24.4 Å². The Labute approximate surface area is 114 Å². The number of rotatable bonds is 8. The predicted molar refractivity (Wildman–Crippen MR) is 74.4 cm³/mol. The van der Waals surface area contributed by atoms with Crippen molar-refractivity contribution in [3.63, 3.8) is 0 Å². The largest absolute Gasteiger partial charge is 0.383 e. The molecule has 5 heteroatoms. The second-order valence-electron chi connectivity index (χ2n) is 4.55. The minimum Gasteiger partial charge on any atom is -0.383 e. The Bertz CT molecular complexity index is 370. The molecule has 1 heterocycles. The molecule has 0 aromatic carbocycles. The third kappa shape index (κ3) is 5.36. The number of nitrogens with zero attached hydrogens (tertiary/aromatic N) is 2. The lowest BCUT2D eigenvalue weighted by atomic mass is 10.1. The molecule has 1 atom stereocenters. The number of nitrogens with two attached hydrogens (primary N) is 1. The number of carbonyl (C=O) groups excluding carboxylic acids is 1. The molecule has 0 bridgehead atoms. The van der Waals surface area contributed by atoms with E-state index in [9.17, 15) is 4.79 Å². The molecule has 1 amide bonds.